The highest BCUT2D eigenvalue weighted by molar-refractivity contribution is 7.89. The van der Waals surface area contributed by atoms with Gasteiger partial charge in [0.25, 0.3) is 5.91 Å². The Hall–Kier alpha value is -2.69. The molecule has 1 amide bonds. The zero-order valence-electron chi connectivity index (χ0n) is 17.7. The zero-order valence-corrected chi connectivity index (χ0v) is 19.3. The molecule has 1 aliphatic heterocycles. The van der Waals surface area contributed by atoms with Crippen LogP contribution in [0.3, 0.4) is 0 Å². The molecule has 0 bridgehead atoms. The zero-order chi connectivity index (χ0) is 22.9. The lowest BCUT2D eigenvalue weighted by Gasteiger charge is -2.30. The highest BCUT2D eigenvalue weighted by atomic mass is 32.2. The van der Waals surface area contributed by atoms with E-state index in [-0.39, 0.29) is 17.5 Å². The summed E-state index contributed by atoms with van der Waals surface area (Å²) in [5.74, 6) is -1.07. The van der Waals surface area contributed by atoms with Gasteiger partial charge >= 0.3 is 0 Å². The van der Waals surface area contributed by atoms with Gasteiger partial charge in [0.05, 0.1) is 4.90 Å². The molecule has 7 nitrogen and oxygen atoms in total. The Morgan fingerprint density at radius 1 is 1.16 bits per heavy atom. The van der Waals surface area contributed by atoms with Crippen LogP contribution >= 0.6 is 11.3 Å². The molecule has 0 radical (unpaired) electrons. The third kappa shape index (κ3) is 4.87. The number of carbonyl (C=O) groups is 1. The fourth-order valence-electron chi connectivity index (χ4n) is 3.84. The van der Waals surface area contributed by atoms with Gasteiger partial charge in [0.2, 0.25) is 15.0 Å². The summed E-state index contributed by atoms with van der Waals surface area (Å²) >= 11 is 1.13. The Morgan fingerprint density at radius 2 is 1.91 bits per heavy atom. The predicted molar refractivity (Wildman–Crippen MR) is 121 cm³/mol. The molecule has 168 valence electrons. The number of halogens is 1. The van der Waals surface area contributed by atoms with Gasteiger partial charge in [-0.15, -0.1) is 10.2 Å². The van der Waals surface area contributed by atoms with E-state index in [1.165, 1.54) is 22.5 Å². The number of carbonyl (C=O) groups excluding carboxylic acids is 1. The van der Waals surface area contributed by atoms with Crippen molar-refractivity contribution in [2.75, 3.05) is 18.4 Å². The number of hydrogen-bond donors (Lipinski definition) is 1. The molecule has 1 N–H and O–H groups in total. The SMILES string of the molecule is Cc1cc(C)cc(S(=O)(=O)N2CCC[C@@H](c3nnc(C(=O)Nc4cccc(F)c4)s3)C2)c1. The van der Waals surface area contributed by atoms with Gasteiger partial charge in [-0.1, -0.05) is 23.5 Å². The Balaban J connectivity index is 1.49. The van der Waals surface area contributed by atoms with E-state index in [4.69, 9.17) is 0 Å². The number of sulfonamides is 1. The number of nitrogens with one attached hydrogen (secondary N) is 1. The first kappa shape index (κ1) is 22.5. The summed E-state index contributed by atoms with van der Waals surface area (Å²) in [6.45, 7) is 4.48. The molecule has 0 aliphatic carbocycles. The first-order valence-corrected chi connectivity index (χ1v) is 12.5. The highest BCUT2D eigenvalue weighted by Gasteiger charge is 2.33. The molecule has 1 saturated heterocycles. The molecule has 2 aromatic carbocycles. The lowest BCUT2D eigenvalue weighted by Crippen LogP contribution is -2.39. The molecule has 4 rings (SSSR count). The summed E-state index contributed by atoms with van der Waals surface area (Å²) in [7, 11) is -3.63. The number of nitrogens with zero attached hydrogens (tertiary/aromatic N) is 3. The first-order chi connectivity index (χ1) is 15.2. The van der Waals surface area contributed by atoms with Crippen LogP contribution in [0, 0.1) is 19.7 Å². The third-order valence-corrected chi connectivity index (χ3v) is 8.21. The van der Waals surface area contributed by atoms with Crippen molar-refractivity contribution in [3.8, 4) is 0 Å². The quantitative estimate of drug-likeness (QED) is 0.601. The molecular formula is C22H23FN4O3S2. The Kier molecular flexibility index (Phi) is 6.36. The van der Waals surface area contributed by atoms with Gasteiger partial charge in [-0.25, -0.2) is 12.8 Å². The number of benzene rings is 2. The van der Waals surface area contributed by atoms with Crippen molar-refractivity contribution in [1.29, 1.82) is 0 Å². The maximum absolute atomic E-state index is 13.3. The van der Waals surface area contributed by atoms with Crippen LogP contribution in [0.15, 0.2) is 47.4 Å². The van der Waals surface area contributed by atoms with E-state index in [1.807, 2.05) is 19.9 Å². The number of hydrogen-bond acceptors (Lipinski definition) is 6. The number of rotatable bonds is 5. The summed E-state index contributed by atoms with van der Waals surface area (Å²) < 4.78 is 41.2. The van der Waals surface area contributed by atoms with Crippen LogP contribution in [0.25, 0.3) is 0 Å². The Labute approximate surface area is 190 Å². The van der Waals surface area contributed by atoms with E-state index in [0.717, 1.165) is 28.9 Å². The van der Waals surface area contributed by atoms with Crippen molar-refractivity contribution >= 4 is 33.0 Å². The Morgan fingerprint density at radius 3 is 2.62 bits per heavy atom. The van der Waals surface area contributed by atoms with E-state index in [2.05, 4.69) is 15.5 Å². The van der Waals surface area contributed by atoms with Gasteiger partial charge in [-0.05, 0) is 68.1 Å². The van der Waals surface area contributed by atoms with Crippen molar-refractivity contribution in [2.45, 2.75) is 37.5 Å². The number of amides is 1. The predicted octanol–water partition coefficient (Wildman–Crippen LogP) is 4.11. The topological polar surface area (TPSA) is 92.3 Å². The molecule has 0 spiro atoms. The maximum atomic E-state index is 13.3. The van der Waals surface area contributed by atoms with Gasteiger partial charge < -0.3 is 5.32 Å². The smallest absolute Gasteiger partial charge is 0.286 e. The standard InChI is InChI=1S/C22H23FN4O3S2/c1-14-9-15(2)11-19(10-14)32(29,30)27-8-4-5-16(13-27)21-25-26-22(31-21)20(28)24-18-7-3-6-17(23)12-18/h3,6-7,9-12,16H,4-5,8,13H2,1-2H3,(H,24,28)/t16-/m1/s1. The monoisotopic (exact) mass is 474 g/mol. The van der Waals surface area contributed by atoms with Crippen LogP contribution in [-0.4, -0.2) is 41.9 Å². The molecule has 0 unspecified atom stereocenters. The molecule has 1 atom stereocenters. The van der Waals surface area contributed by atoms with Gasteiger partial charge in [0.15, 0.2) is 0 Å². The summed E-state index contributed by atoms with van der Waals surface area (Å²) in [6, 6.07) is 10.9. The average Bonchev–Trinajstić information content (AvgIpc) is 3.24. The lowest BCUT2D eigenvalue weighted by molar-refractivity contribution is 0.102. The maximum Gasteiger partial charge on any atom is 0.286 e. The molecule has 1 aromatic heterocycles. The molecule has 32 heavy (non-hydrogen) atoms. The summed E-state index contributed by atoms with van der Waals surface area (Å²) in [6.07, 6.45) is 1.46. The largest absolute Gasteiger partial charge is 0.320 e. The van der Waals surface area contributed by atoms with Crippen molar-refractivity contribution in [1.82, 2.24) is 14.5 Å². The number of aromatic nitrogens is 2. The first-order valence-electron chi connectivity index (χ1n) is 10.2. The number of anilines is 1. The normalized spacial score (nSPS) is 17.3. The van der Waals surface area contributed by atoms with Crippen LogP contribution in [0.4, 0.5) is 10.1 Å². The highest BCUT2D eigenvalue weighted by Crippen LogP contribution is 2.32. The Bertz CT molecular complexity index is 1240. The molecule has 1 aliphatic rings. The fraction of sp³-hybridized carbons (Fsp3) is 0.318. The molecular weight excluding hydrogens is 451 g/mol. The summed E-state index contributed by atoms with van der Waals surface area (Å²) in [5.41, 5.74) is 2.13. The minimum absolute atomic E-state index is 0.141. The number of piperidine rings is 1. The van der Waals surface area contributed by atoms with Crippen molar-refractivity contribution in [3.63, 3.8) is 0 Å². The van der Waals surface area contributed by atoms with Crippen LogP contribution in [-0.2, 0) is 10.0 Å². The lowest BCUT2D eigenvalue weighted by atomic mass is 10.0. The third-order valence-electron chi connectivity index (χ3n) is 5.28. The second-order valence-corrected chi connectivity index (χ2v) is 10.9. The second-order valence-electron chi connectivity index (χ2n) is 7.94. The molecule has 1 fully saturated rings. The molecule has 10 heteroatoms. The average molecular weight is 475 g/mol. The van der Waals surface area contributed by atoms with Crippen molar-refractivity contribution in [2.24, 2.45) is 0 Å². The number of aryl methyl sites for hydroxylation is 2. The summed E-state index contributed by atoms with van der Waals surface area (Å²) in [4.78, 5) is 12.8. The van der Waals surface area contributed by atoms with E-state index < -0.39 is 21.7 Å². The van der Waals surface area contributed by atoms with E-state index in [9.17, 15) is 17.6 Å². The van der Waals surface area contributed by atoms with Crippen LogP contribution in [0.2, 0.25) is 0 Å². The van der Waals surface area contributed by atoms with Crippen LogP contribution < -0.4 is 5.32 Å². The fourth-order valence-corrected chi connectivity index (χ4v) is 6.41. The van der Waals surface area contributed by atoms with Crippen LogP contribution in [0.5, 0.6) is 0 Å². The molecule has 0 saturated carbocycles. The van der Waals surface area contributed by atoms with Gasteiger partial charge in [0.1, 0.15) is 10.8 Å². The minimum Gasteiger partial charge on any atom is -0.320 e. The van der Waals surface area contributed by atoms with Gasteiger partial charge in [-0.3, -0.25) is 4.79 Å². The molecule has 3 aromatic rings. The van der Waals surface area contributed by atoms with E-state index in [0.29, 0.717) is 28.6 Å². The second kappa shape index (κ2) is 9.05. The van der Waals surface area contributed by atoms with Gasteiger partial charge in [-0.2, -0.15) is 4.31 Å². The van der Waals surface area contributed by atoms with E-state index >= 15 is 0 Å². The summed E-state index contributed by atoms with van der Waals surface area (Å²) in [5, 5.41) is 11.5. The van der Waals surface area contributed by atoms with Crippen molar-refractivity contribution in [3.05, 3.63) is 69.4 Å². The van der Waals surface area contributed by atoms with Crippen LogP contribution in [0.1, 0.15) is 44.7 Å². The van der Waals surface area contributed by atoms with E-state index in [1.54, 1.807) is 18.2 Å². The van der Waals surface area contributed by atoms with Crippen molar-refractivity contribution < 1.29 is 17.6 Å². The van der Waals surface area contributed by atoms with Gasteiger partial charge in [0, 0.05) is 24.7 Å². The molecule has 2 heterocycles. The minimum atomic E-state index is -3.63.